The molecule has 0 fully saturated rings. The van der Waals surface area contributed by atoms with Gasteiger partial charge in [0, 0.05) is 19.3 Å². The van der Waals surface area contributed by atoms with Crippen molar-refractivity contribution in [3.8, 4) is 0 Å². The van der Waals surface area contributed by atoms with E-state index in [1.165, 1.54) is 6.07 Å². The minimum atomic E-state index is -0.397. The lowest BCUT2D eigenvalue weighted by atomic mass is 10.1. The van der Waals surface area contributed by atoms with Crippen LogP contribution in [-0.2, 0) is 7.05 Å². The quantitative estimate of drug-likeness (QED) is 0.919. The molecule has 96 valence electrons. The van der Waals surface area contributed by atoms with E-state index >= 15 is 0 Å². The molecule has 0 radical (unpaired) electrons. The largest absolute Gasteiger partial charge is 0.376 e. The Labute approximate surface area is 111 Å². The molecular formula is C13H15ClFN3. The number of nitrogens with zero attached hydrogens (tertiary/aromatic N) is 2. The second-order valence-corrected chi connectivity index (χ2v) is 4.75. The Morgan fingerprint density at radius 2 is 2.17 bits per heavy atom. The maximum atomic E-state index is 13.4. The van der Waals surface area contributed by atoms with Crippen molar-refractivity contribution in [2.75, 3.05) is 5.32 Å². The van der Waals surface area contributed by atoms with Gasteiger partial charge < -0.3 is 5.32 Å². The molecule has 3 nitrogen and oxygen atoms in total. The van der Waals surface area contributed by atoms with Crippen molar-refractivity contribution < 1.29 is 4.39 Å². The molecule has 0 saturated heterocycles. The maximum absolute atomic E-state index is 13.4. The van der Waals surface area contributed by atoms with E-state index in [2.05, 4.69) is 10.4 Å². The van der Waals surface area contributed by atoms with Gasteiger partial charge in [-0.15, -0.1) is 0 Å². The summed E-state index contributed by atoms with van der Waals surface area (Å²) in [5.74, 6) is -0.397. The van der Waals surface area contributed by atoms with Crippen molar-refractivity contribution in [2.45, 2.75) is 19.9 Å². The van der Waals surface area contributed by atoms with Crippen LogP contribution in [-0.4, -0.2) is 9.78 Å². The maximum Gasteiger partial charge on any atom is 0.142 e. The van der Waals surface area contributed by atoms with Crippen LogP contribution < -0.4 is 5.32 Å². The highest BCUT2D eigenvalue weighted by Gasteiger charge is 2.11. The molecule has 18 heavy (non-hydrogen) atoms. The molecule has 1 atom stereocenters. The fourth-order valence-electron chi connectivity index (χ4n) is 1.84. The molecule has 2 rings (SSSR count). The van der Waals surface area contributed by atoms with Crippen LogP contribution in [0.3, 0.4) is 0 Å². The summed E-state index contributed by atoms with van der Waals surface area (Å²) in [5, 5.41) is 7.69. The summed E-state index contributed by atoms with van der Waals surface area (Å²) >= 11 is 5.67. The van der Waals surface area contributed by atoms with Crippen LogP contribution in [0, 0.1) is 12.7 Å². The number of aromatic nitrogens is 2. The molecule has 0 bridgehead atoms. The normalized spacial score (nSPS) is 12.5. The van der Waals surface area contributed by atoms with Crippen LogP contribution in [0.25, 0.3) is 0 Å². The number of hydrogen-bond donors (Lipinski definition) is 1. The van der Waals surface area contributed by atoms with Crippen LogP contribution in [0.15, 0.2) is 24.4 Å². The summed E-state index contributed by atoms with van der Waals surface area (Å²) in [5.41, 5.74) is 2.71. The van der Waals surface area contributed by atoms with Crippen LogP contribution in [0.2, 0.25) is 5.02 Å². The van der Waals surface area contributed by atoms with Crippen LogP contribution in [0.4, 0.5) is 10.1 Å². The number of halogens is 2. The van der Waals surface area contributed by atoms with Crippen molar-refractivity contribution in [1.82, 2.24) is 9.78 Å². The Morgan fingerprint density at radius 1 is 1.44 bits per heavy atom. The number of anilines is 1. The van der Waals surface area contributed by atoms with Gasteiger partial charge in [0.1, 0.15) is 5.82 Å². The average molecular weight is 268 g/mol. The van der Waals surface area contributed by atoms with E-state index in [0.717, 1.165) is 16.9 Å². The van der Waals surface area contributed by atoms with Gasteiger partial charge in [0.05, 0.1) is 16.4 Å². The van der Waals surface area contributed by atoms with Gasteiger partial charge in [-0.1, -0.05) is 17.7 Å². The van der Waals surface area contributed by atoms with Crippen molar-refractivity contribution >= 4 is 17.3 Å². The lowest BCUT2D eigenvalue weighted by Crippen LogP contribution is -2.07. The van der Waals surface area contributed by atoms with Crippen LogP contribution >= 0.6 is 11.6 Å². The summed E-state index contributed by atoms with van der Waals surface area (Å²) in [4.78, 5) is 0. The summed E-state index contributed by atoms with van der Waals surface area (Å²) in [6, 6.07) is 4.82. The molecule has 1 unspecified atom stereocenters. The average Bonchev–Trinajstić information content (AvgIpc) is 2.61. The van der Waals surface area contributed by atoms with Gasteiger partial charge in [-0.3, -0.25) is 4.68 Å². The molecule has 0 aliphatic heterocycles. The zero-order chi connectivity index (χ0) is 13.3. The first-order chi connectivity index (χ1) is 8.47. The van der Waals surface area contributed by atoms with Gasteiger partial charge in [0.2, 0.25) is 0 Å². The molecule has 5 heteroatoms. The van der Waals surface area contributed by atoms with E-state index in [1.807, 2.05) is 33.2 Å². The molecule has 0 aliphatic carbocycles. The predicted molar refractivity (Wildman–Crippen MR) is 71.4 cm³/mol. The van der Waals surface area contributed by atoms with Crippen molar-refractivity contribution in [3.63, 3.8) is 0 Å². The van der Waals surface area contributed by atoms with Gasteiger partial charge >= 0.3 is 0 Å². The zero-order valence-corrected chi connectivity index (χ0v) is 11.3. The van der Waals surface area contributed by atoms with Gasteiger partial charge in [0.25, 0.3) is 0 Å². The molecule has 1 aromatic carbocycles. The van der Waals surface area contributed by atoms with Gasteiger partial charge in [-0.25, -0.2) is 4.39 Å². The van der Waals surface area contributed by atoms with Gasteiger partial charge in [-0.05, 0) is 31.5 Å². The first-order valence-corrected chi connectivity index (χ1v) is 6.07. The first kappa shape index (κ1) is 12.9. The molecular weight excluding hydrogens is 253 g/mol. The fourth-order valence-corrected chi connectivity index (χ4v) is 1.96. The summed E-state index contributed by atoms with van der Waals surface area (Å²) in [7, 11) is 1.87. The standard InChI is InChI=1S/C13H15ClFN3/c1-8(10-4-5-11(14)12(15)6-10)16-13-7-18(3)17-9(13)2/h4-8,16H,1-3H3. The highest BCUT2D eigenvalue weighted by Crippen LogP contribution is 2.24. The molecule has 1 heterocycles. The number of hydrogen-bond acceptors (Lipinski definition) is 2. The molecule has 0 spiro atoms. The molecule has 2 aromatic rings. The third-order valence-electron chi connectivity index (χ3n) is 2.83. The molecule has 0 aliphatic rings. The van der Waals surface area contributed by atoms with E-state index in [0.29, 0.717) is 0 Å². The lowest BCUT2D eigenvalue weighted by molar-refractivity contribution is 0.624. The second-order valence-electron chi connectivity index (χ2n) is 4.34. The van der Waals surface area contributed by atoms with Gasteiger partial charge in [-0.2, -0.15) is 5.10 Å². The number of rotatable bonds is 3. The van der Waals surface area contributed by atoms with Crippen molar-refractivity contribution in [3.05, 3.63) is 46.5 Å². The summed E-state index contributed by atoms with van der Waals surface area (Å²) in [6.45, 7) is 3.90. The van der Waals surface area contributed by atoms with Crippen molar-refractivity contribution in [2.24, 2.45) is 7.05 Å². The Balaban J connectivity index is 2.19. The Bertz CT molecular complexity index is 565. The van der Waals surface area contributed by atoms with E-state index in [1.54, 1.807) is 10.7 Å². The Hall–Kier alpha value is -1.55. The Morgan fingerprint density at radius 3 is 2.72 bits per heavy atom. The van der Waals surface area contributed by atoms with Crippen molar-refractivity contribution in [1.29, 1.82) is 0 Å². The molecule has 1 N–H and O–H groups in total. The highest BCUT2D eigenvalue weighted by atomic mass is 35.5. The predicted octanol–water partition coefficient (Wildman–Crippen LogP) is 3.69. The third kappa shape index (κ3) is 2.64. The highest BCUT2D eigenvalue weighted by molar-refractivity contribution is 6.30. The second kappa shape index (κ2) is 4.98. The molecule has 0 amide bonds. The SMILES string of the molecule is Cc1nn(C)cc1NC(C)c1ccc(Cl)c(F)c1. The van der Waals surface area contributed by atoms with E-state index in [-0.39, 0.29) is 11.1 Å². The van der Waals surface area contributed by atoms with Crippen LogP contribution in [0.1, 0.15) is 24.2 Å². The number of benzene rings is 1. The van der Waals surface area contributed by atoms with E-state index < -0.39 is 5.82 Å². The van der Waals surface area contributed by atoms with E-state index in [9.17, 15) is 4.39 Å². The molecule has 0 saturated carbocycles. The molecule has 1 aromatic heterocycles. The summed E-state index contributed by atoms with van der Waals surface area (Å²) < 4.78 is 15.1. The third-order valence-corrected chi connectivity index (χ3v) is 3.14. The number of nitrogens with one attached hydrogen (secondary N) is 1. The topological polar surface area (TPSA) is 29.9 Å². The fraction of sp³-hybridized carbons (Fsp3) is 0.308. The van der Waals surface area contributed by atoms with Gasteiger partial charge in [0.15, 0.2) is 0 Å². The van der Waals surface area contributed by atoms with Crippen LogP contribution in [0.5, 0.6) is 0 Å². The smallest absolute Gasteiger partial charge is 0.142 e. The first-order valence-electron chi connectivity index (χ1n) is 5.69. The minimum Gasteiger partial charge on any atom is -0.376 e. The lowest BCUT2D eigenvalue weighted by Gasteiger charge is -2.15. The Kier molecular flexibility index (Phi) is 3.57. The monoisotopic (exact) mass is 267 g/mol. The zero-order valence-electron chi connectivity index (χ0n) is 10.5. The summed E-state index contributed by atoms with van der Waals surface area (Å²) in [6.07, 6.45) is 1.90. The van der Waals surface area contributed by atoms with E-state index in [4.69, 9.17) is 11.6 Å². The number of aryl methyl sites for hydroxylation is 2. The minimum absolute atomic E-state index is 0.0142.